The van der Waals surface area contributed by atoms with Gasteiger partial charge in [0.05, 0.1) is 12.1 Å². The fraction of sp³-hybridized carbons (Fsp3) is 0.318. The van der Waals surface area contributed by atoms with Gasteiger partial charge in [-0.15, -0.1) is 0 Å². The number of carboxylic acids is 1. The molecule has 0 saturated carbocycles. The molecular weight excluding hydrogens is 443 g/mol. The van der Waals surface area contributed by atoms with Gasteiger partial charge in [0.25, 0.3) is 0 Å². The molecular formula is C22H18F3N3O3S. The van der Waals surface area contributed by atoms with E-state index in [2.05, 4.69) is 26.4 Å². The van der Waals surface area contributed by atoms with E-state index in [1.165, 1.54) is 23.2 Å². The Balaban J connectivity index is 1.38. The van der Waals surface area contributed by atoms with Crippen LogP contribution in [0.15, 0.2) is 30.3 Å². The van der Waals surface area contributed by atoms with Crippen LogP contribution in [0.3, 0.4) is 0 Å². The van der Waals surface area contributed by atoms with Crippen molar-refractivity contribution in [2.45, 2.75) is 25.6 Å². The van der Waals surface area contributed by atoms with Crippen LogP contribution in [0.4, 0.5) is 13.2 Å². The van der Waals surface area contributed by atoms with Crippen LogP contribution in [0.25, 0.3) is 11.4 Å². The van der Waals surface area contributed by atoms with Crippen LogP contribution >= 0.6 is 11.5 Å². The summed E-state index contributed by atoms with van der Waals surface area (Å²) in [4.78, 5) is 17.4. The number of alkyl halides is 3. The molecule has 0 bridgehead atoms. The number of nitrogens with zero attached hydrogens (tertiary/aromatic N) is 3. The van der Waals surface area contributed by atoms with Crippen LogP contribution in [-0.2, 0) is 30.4 Å². The van der Waals surface area contributed by atoms with E-state index in [1.807, 2.05) is 12.1 Å². The lowest BCUT2D eigenvalue weighted by Crippen LogP contribution is -2.25. The van der Waals surface area contributed by atoms with Crippen molar-refractivity contribution in [3.8, 4) is 17.1 Å². The zero-order valence-corrected chi connectivity index (χ0v) is 17.6. The molecule has 1 aliphatic rings. The summed E-state index contributed by atoms with van der Waals surface area (Å²) in [5, 5.41) is 9.53. The quantitative estimate of drug-likeness (QED) is 0.601. The monoisotopic (exact) mass is 461 g/mol. The average molecular weight is 461 g/mol. The number of ether oxygens (including phenoxy) is 1. The molecule has 0 atom stereocenters. The number of aromatic nitrogens is 2. The fourth-order valence-corrected chi connectivity index (χ4v) is 4.14. The molecule has 2 aromatic carbocycles. The van der Waals surface area contributed by atoms with Gasteiger partial charge in [-0.25, -0.2) is 9.78 Å². The predicted molar refractivity (Wildman–Crippen MR) is 110 cm³/mol. The Morgan fingerprint density at radius 3 is 2.62 bits per heavy atom. The molecule has 166 valence electrons. The van der Waals surface area contributed by atoms with Gasteiger partial charge in [-0.05, 0) is 59.8 Å². The lowest BCUT2D eigenvalue weighted by atomic mass is 10.0. The third-order valence-corrected chi connectivity index (χ3v) is 5.75. The smallest absolute Gasteiger partial charge is 0.424 e. The molecule has 2 heterocycles. The second-order valence-corrected chi connectivity index (χ2v) is 8.15. The molecule has 32 heavy (non-hydrogen) atoms. The van der Waals surface area contributed by atoms with Gasteiger partial charge in [-0.3, -0.25) is 4.90 Å². The van der Waals surface area contributed by atoms with Gasteiger partial charge in [0.15, 0.2) is 12.4 Å². The summed E-state index contributed by atoms with van der Waals surface area (Å²) in [5.41, 5.74) is 1.82. The zero-order chi connectivity index (χ0) is 22.7. The summed E-state index contributed by atoms with van der Waals surface area (Å²) in [7, 11) is 0. The summed E-state index contributed by atoms with van der Waals surface area (Å²) in [6.45, 7) is 1.80. The molecule has 0 unspecified atom stereocenters. The summed E-state index contributed by atoms with van der Waals surface area (Å²) in [6, 6.07) is 12.5. The fourth-order valence-electron chi connectivity index (χ4n) is 3.44. The number of halogens is 3. The number of carbonyl (C=O) groups is 1. The van der Waals surface area contributed by atoms with Gasteiger partial charge in [0.1, 0.15) is 16.3 Å². The van der Waals surface area contributed by atoms with Gasteiger partial charge < -0.3 is 9.84 Å². The van der Waals surface area contributed by atoms with Crippen molar-refractivity contribution in [2.24, 2.45) is 0 Å². The van der Waals surface area contributed by atoms with Gasteiger partial charge >= 0.3 is 12.1 Å². The van der Waals surface area contributed by atoms with Crippen LogP contribution in [-0.4, -0.2) is 45.0 Å². The maximum Gasteiger partial charge on any atom is 0.424 e. The highest BCUT2D eigenvalue weighted by Gasteiger charge is 2.30. The summed E-state index contributed by atoms with van der Waals surface area (Å²) < 4.78 is 47.6. The van der Waals surface area contributed by atoms with Gasteiger partial charge in [0, 0.05) is 13.1 Å². The van der Waals surface area contributed by atoms with E-state index in [0.29, 0.717) is 23.7 Å². The maximum atomic E-state index is 12.7. The Morgan fingerprint density at radius 2 is 1.94 bits per heavy atom. The molecule has 6 nitrogen and oxygen atoms in total. The van der Waals surface area contributed by atoms with Crippen molar-refractivity contribution >= 4 is 17.5 Å². The van der Waals surface area contributed by atoms with Crippen LogP contribution in [0.2, 0.25) is 0 Å². The molecule has 3 aromatic rings. The largest absolute Gasteiger partial charge is 0.482 e. The first kappa shape index (κ1) is 22.0. The Labute approximate surface area is 186 Å². The predicted octanol–water partition coefficient (Wildman–Crippen LogP) is 3.89. The second-order valence-electron chi connectivity index (χ2n) is 7.31. The molecule has 0 amide bonds. The van der Waals surface area contributed by atoms with Crippen molar-refractivity contribution < 1.29 is 27.8 Å². The van der Waals surface area contributed by atoms with Crippen molar-refractivity contribution in [1.29, 1.82) is 0 Å². The lowest BCUT2D eigenvalue weighted by Gasteiger charge is -2.17. The van der Waals surface area contributed by atoms with Gasteiger partial charge in [-0.2, -0.15) is 17.5 Å². The Bertz CT molecular complexity index is 1100. The normalized spacial score (nSPS) is 14.3. The topological polar surface area (TPSA) is 75.6 Å². The van der Waals surface area contributed by atoms with E-state index >= 15 is 0 Å². The van der Waals surface area contributed by atoms with Crippen LogP contribution in [0.5, 0.6) is 5.75 Å². The second kappa shape index (κ2) is 9.14. The summed E-state index contributed by atoms with van der Waals surface area (Å²) in [6.07, 6.45) is -2.84. The van der Waals surface area contributed by atoms with E-state index in [4.69, 9.17) is 9.84 Å². The van der Waals surface area contributed by atoms with Gasteiger partial charge in [0.2, 0.25) is 0 Å². The third kappa shape index (κ3) is 5.36. The Hall–Kier alpha value is -3.16. The van der Waals surface area contributed by atoms with Crippen LogP contribution in [0, 0.1) is 12.1 Å². The molecule has 1 N–H and O–H groups in total. The number of carboxylic acid groups (broad SMARTS) is 1. The molecule has 0 radical (unpaired) electrons. The van der Waals surface area contributed by atoms with E-state index in [-0.39, 0.29) is 6.61 Å². The first-order chi connectivity index (χ1) is 15.3. The van der Waals surface area contributed by atoms with Crippen LogP contribution < -0.4 is 4.74 Å². The average Bonchev–Trinajstić information content (AvgIpc) is 3.13. The third-order valence-electron chi connectivity index (χ3n) is 5.06. The van der Waals surface area contributed by atoms with Crippen molar-refractivity contribution in [2.75, 3.05) is 19.7 Å². The standard InChI is InChI=1S/C22H18F3N3O3S/c23-22(24,25)17-4-1-15(2-5-17)21-26-19(32-27-21)12-28-9-7-14-3-6-18(31-13-20(29)30)11-16(14)8-10-28/h1,3-4,6,11H,7-10,12-13H2,(H,29,30). The lowest BCUT2D eigenvalue weighted by molar-refractivity contribution is -0.139. The zero-order valence-electron chi connectivity index (χ0n) is 16.8. The number of rotatable bonds is 6. The van der Waals surface area contributed by atoms with Crippen molar-refractivity contribution in [3.05, 3.63) is 64.2 Å². The van der Waals surface area contributed by atoms with Crippen molar-refractivity contribution in [3.63, 3.8) is 0 Å². The molecule has 10 heteroatoms. The molecule has 0 fully saturated rings. The maximum absolute atomic E-state index is 12.7. The number of aliphatic carboxylic acids is 1. The summed E-state index contributed by atoms with van der Waals surface area (Å²) >= 11 is 1.22. The minimum absolute atomic E-state index is 0.341. The van der Waals surface area contributed by atoms with E-state index < -0.39 is 17.7 Å². The Morgan fingerprint density at radius 1 is 1.16 bits per heavy atom. The number of fused-ring (bicyclic) bond motifs is 1. The number of benzene rings is 1. The molecule has 4 rings (SSSR count). The molecule has 1 aliphatic heterocycles. The summed E-state index contributed by atoms with van der Waals surface area (Å²) in [5.74, 6) is -0.138. The van der Waals surface area contributed by atoms with Crippen molar-refractivity contribution in [1.82, 2.24) is 14.3 Å². The molecule has 0 spiro atoms. The van der Waals surface area contributed by atoms with E-state index in [9.17, 15) is 18.0 Å². The van der Waals surface area contributed by atoms with E-state index in [1.54, 1.807) is 6.07 Å². The highest BCUT2D eigenvalue weighted by molar-refractivity contribution is 7.05. The minimum Gasteiger partial charge on any atom is -0.482 e. The number of hydrogen-bond donors (Lipinski definition) is 1. The highest BCUT2D eigenvalue weighted by Crippen LogP contribution is 2.29. The molecule has 0 saturated heterocycles. The Kier molecular flexibility index (Phi) is 6.30. The number of hydrogen-bond acceptors (Lipinski definition) is 6. The highest BCUT2D eigenvalue weighted by atomic mass is 32.1. The first-order valence-electron chi connectivity index (χ1n) is 9.81. The molecule has 0 aliphatic carbocycles. The SMILES string of the molecule is O=C(O)COc1ccc2c(c1)CCN(Cc1nc(-c3c#cc(C(F)(F)F)cc3)ns1)CC2. The molecule has 1 aromatic heterocycles. The minimum atomic E-state index is -4.46. The van der Waals surface area contributed by atoms with E-state index in [0.717, 1.165) is 42.6 Å². The van der Waals surface area contributed by atoms with Crippen LogP contribution in [0.1, 0.15) is 21.7 Å². The first-order valence-corrected chi connectivity index (χ1v) is 10.6. The van der Waals surface area contributed by atoms with Gasteiger partial charge in [-0.1, -0.05) is 18.2 Å².